The molecule has 0 saturated carbocycles. The Balaban J connectivity index is 2.54. The lowest BCUT2D eigenvalue weighted by molar-refractivity contribution is 1.11. The van der Waals surface area contributed by atoms with E-state index in [4.69, 9.17) is 11.1 Å². The van der Waals surface area contributed by atoms with E-state index < -0.39 is 0 Å². The zero-order valence-corrected chi connectivity index (χ0v) is 13.9. The molecule has 0 heterocycles. The molecule has 0 aromatic heterocycles. The predicted molar refractivity (Wildman–Crippen MR) is 95.2 cm³/mol. The average molecular weight is 295 g/mol. The molecule has 0 aliphatic rings. The van der Waals surface area contributed by atoms with Crippen molar-refractivity contribution in [2.24, 2.45) is 5.73 Å². The monoisotopic (exact) mass is 295 g/mol. The van der Waals surface area contributed by atoms with Gasteiger partial charge in [-0.25, -0.2) is 0 Å². The highest BCUT2D eigenvalue weighted by Crippen LogP contribution is 2.31. The fraction of sp³-hybridized carbons (Fsp3) is 0.316. The Morgan fingerprint density at radius 1 is 0.909 bits per heavy atom. The van der Waals surface area contributed by atoms with Crippen molar-refractivity contribution < 1.29 is 0 Å². The highest BCUT2D eigenvalue weighted by Gasteiger charge is 2.17. The van der Waals surface area contributed by atoms with E-state index in [1.807, 2.05) is 4.90 Å². The molecular weight excluding hydrogens is 270 g/mol. The summed E-state index contributed by atoms with van der Waals surface area (Å²) >= 11 is 0. The molecule has 2 aromatic carbocycles. The Kier molecular flexibility index (Phi) is 4.86. The molecule has 0 spiro atoms. The van der Waals surface area contributed by atoms with E-state index in [-0.39, 0.29) is 5.96 Å². The molecule has 0 unspecified atom stereocenters. The van der Waals surface area contributed by atoms with Crippen LogP contribution in [0.3, 0.4) is 0 Å². The Morgan fingerprint density at radius 3 is 1.59 bits per heavy atom. The second-order valence-electron chi connectivity index (χ2n) is 5.67. The molecule has 3 heteroatoms. The number of benzene rings is 2. The Hall–Kier alpha value is -2.29. The number of rotatable bonds is 4. The van der Waals surface area contributed by atoms with Crippen LogP contribution in [0.25, 0.3) is 0 Å². The van der Waals surface area contributed by atoms with E-state index in [1.54, 1.807) is 0 Å². The van der Waals surface area contributed by atoms with Gasteiger partial charge in [0.2, 0.25) is 0 Å². The third-order valence-electron chi connectivity index (χ3n) is 4.06. The van der Waals surface area contributed by atoms with Gasteiger partial charge in [-0.05, 0) is 61.1 Å². The van der Waals surface area contributed by atoms with Gasteiger partial charge in [0, 0.05) is 0 Å². The van der Waals surface area contributed by atoms with Crippen molar-refractivity contribution in [3.63, 3.8) is 0 Å². The molecule has 0 saturated heterocycles. The number of hydrogen-bond donors (Lipinski definition) is 2. The number of nitrogens with one attached hydrogen (secondary N) is 1. The van der Waals surface area contributed by atoms with Crippen LogP contribution in [0.15, 0.2) is 36.4 Å². The second-order valence-corrected chi connectivity index (χ2v) is 5.67. The van der Waals surface area contributed by atoms with Gasteiger partial charge in [0.15, 0.2) is 5.96 Å². The maximum Gasteiger partial charge on any atom is 0.197 e. The first-order valence-electron chi connectivity index (χ1n) is 7.81. The fourth-order valence-corrected chi connectivity index (χ4v) is 2.77. The third-order valence-corrected chi connectivity index (χ3v) is 4.06. The van der Waals surface area contributed by atoms with Crippen molar-refractivity contribution in [1.82, 2.24) is 0 Å². The van der Waals surface area contributed by atoms with Gasteiger partial charge in [0.05, 0.1) is 11.4 Å². The molecular formula is C19H25N3. The van der Waals surface area contributed by atoms with Crippen LogP contribution in [0, 0.1) is 19.3 Å². The zero-order valence-electron chi connectivity index (χ0n) is 13.9. The summed E-state index contributed by atoms with van der Waals surface area (Å²) in [4.78, 5) is 1.82. The first kappa shape index (κ1) is 16.1. The number of nitrogens with zero attached hydrogens (tertiary/aromatic N) is 1. The molecule has 0 fully saturated rings. The van der Waals surface area contributed by atoms with Crippen LogP contribution in [0.2, 0.25) is 0 Å². The van der Waals surface area contributed by atoms with Gasteiger partial charge >= 0.3 is 0 Å². The maximum atomic E-state index is 8.02. The van der Waals surface area contributed by atoms with Crippen molar-refractivity contribution in [2.75, 3.05) is 4.90 Å². The van der Waals surface area contributed by atoms with E-state index in [9.17, 15) is 0 Å². The molecule has 0 aliphatic carbocycles. The van der Waals surface area contributed by atoms with E-state index in [0.29, 0.717) is 0 Å². The highest BCUT2D eigenvalue weighted by molar-refractivity contribution is 6.01. The van der Waals surface area contributed by atoms with E-state index in [2.05, 4.69) is 64.1 Å². The minimum atomic E-state index is 0.0414. The molecule has 3 N–H and O–H groups in total. The smallest absolute Gasteiger partial charge is 0.197 e. The summed E-state index contributed by atoms with van der Waals surface area (Å²) in [6.45, 7) is 8.43. The van der Waals surface area contributed by atoms with Crippen LogP contribution in [-0.4, -0.2) is 5.96 Å². The number of aryl methyl sites for hydroxylation is 4. The van der Waals surface area contributed by atoms with Crippen molar-refractivity contribution in [1.29, 1.82) is 5.41 Å². The first-order valence-corrected chi connectivity index (χ1v) is 7.81. The third kappa shape index (κ3) is 3.14. The number of nitrogens with two attached hydrogens (primary N) is 1. The highest BCUT2D eigenvalue weighted by atomic mass is 15.2. The molecule has 0 bridgehead atoms. The van der Waals surface area contributed by atoms with Gasteiger partial charge in [0.1, 0.15) is 0 Å². The lowest BCUT2D eigenvalue weighted by Gasteiger charge is -2.27. The van der Waals surface area contributed by atoms with Crippen molar-refractivity contribution in [2.45, 2.75) is 40.5 Å². The zero-order chi connectivity index (χ0) is 16.3. The Labute approximate surface area is 133 Å². The lowest BCUT2D eigenvalue weighted by Crippen LogP contribution is -2.33. The molecule has 0 aliphatic heterocycles. The molecule has 0 atom stereocenters. The quantitative estimate of drug-likeness (QED) is 0.646. The lowest BCUT2D eigenvalue weighted by atomic mass is 10.0. The predicted octanol–water partition coefficient (Wildman–Crippen LogP) is 4.46. The van der Waals surface area contributed by atoms with Crippen molar-refractivity contribution in [3.05, 3.63) is 58.7 Å². The second kappa shape index (κ2) is 6.65. The van der Waals surface area contributed by atoms with Gasteiger partial charge in [-0.3, -0.25) is 10.3 Å². The van der Waals surface area contributed by atoms with Gasteiger partial charge in [-0.2, -0.15) is 0 Å². The number of guanidine groups is 1. The van der Waals surface area contributed by atoms with Crippen LogP contribution in [-0.2, 0) is 12.8 Å². The molecule has 2 aromatic rings. The van der Waals surface area contributed by atoms with Gasteiger partial charge in [-0.15, -0.1) is 0 Å². The fourth-order valence-electron chi connectivity index (χ4n) is 2.77. The van der Waals surface area contributed by atoms with Gasteiger partial charge in [0.25, 0.3) is 0 Å². The molecule has 0 amide bonds. The van der Waals surface area contributed by atoms with Gasteiger partial charge in [-0.1, -0.05) is 38.1 Å². The maximum absolute atomic E-state index is 8.02. The summed E-state index contributed by atoms with van der Waals surface area (Å²) in [7, 11) is 0. The molecule has 2 rings (SSSR count). The van der Waals surface area contributed by atoms with Crippen molar-refractivity contribution in [3.8, 4) is 0 Å². The molecule has 22 heavy (non-hydrogen) atoms. The van der Waals surface area contributed by atoms with Crippen LogP contribution in [0.4, 0.5) is 11.4 Å². The summed E-state index contributed by atoms with van der Waals surface area (Å²) in [6, 6.07) is 12.7. The Bertz CT molecular complexity index is 636. The number of anilines is 2. The van der Waals surface area contributed by atoms with Gasteiger partial charge < -0.3 is 5.73 Å². The standard InChI is InChI=1S/C19H25N3/c1-5-15-7-9-17(13(3)11-15)22(19(20)21)18-10-8-16(6-2)12-14(18)4/h7-12H,5-6H2,1-4H3,(H3,20,21). The summed E-state index contributed by atoms with van der Waals surface area (Å²) in [5.41, 5.74) is 12.7. The molecule has 116 valence electrons. The Morgan fingerprint density at radius 2 is 1.32 bits per heavy atom. The minimum absolute atomic E-state index is 0.0414. The van der Waals surface area contributed by atoms with Crippen LogP contribution in [0.1, 0.15) is 36.1 Å². The first-order chi connectivity index (χ1) is 10.5. The summed E-state index contributed by atoms with van der Waals surface area (Å²) in [5.74, 6) is 0.0414. The minimum Gasteiger partial charge on any atom is -0.369 e. The van der Waals surface area contributed by atoms with Crippen LogP contribution in [0.5, 0.6) is 0 Å². The largest absolute Gasteiger partial charge is 0.369 e. The average Bonchev–Trinajstić information content (AvgIpc) is 2.50. The normalized spacial score (nSPS) is 10.5. The SMILES string of the molecule is CCc1ccc(N(C(=N)N)c2ccc(CC)cc2C)c(C)c1. The topological polar surface area (TPSA) is 53.1 Å². The van der Waals surface area contributed by atoms with E-state index >= 15 is 0 Å². The molecule has 0 radical (unpaired) electrons. The molecule has 3 nitrogen and oxygen atoms in total. The summed E-state index contributed by atoms with van der Waals surface area (Å²) < 4.78 is 0. The van der Waals surface area contributed by atoms with Crippen molar-refractivity contribution >= 4 is 17.3 Å². The van der Waals surface area contributed by atoms with Crippen LogP contribution >= 0.6 is 0 Å². The van der Waals surface area contributed by atoms with E-state index in [0.717, 1.165) is 35.3 Å². The van der Waals surface area contributed by atoms with E-state index in [1.165, 1.54) is 11.1 Å². The van der Waals surface area contributed by atoms with Crippen LogP contribution < -0.4 is 10.6 Å². The summed E-state index contributed by atoms with van der Waals surface area (Å²) in [5, 5.41) is 8.02. The summed E-state index contributed by atoms with van der Waals surface area (Å²) in [6.07, 6.45) is 2.01. The number of hydrogen-bond acceptors (Lipinski definition) is 1.